The quantitative estimate of drug-likeness (QED) is 0.499. The standard InChI is InChI=1S/C12H16N4O2S/c1-6(4-9(17)15-13)16-5-14-11-10(12(16)18)7(2)8(3)19-11/h5-6H,4,13H2,1-3H3,(H,15,17). The Morgan fingerprint density at radius 2 is 2.26 bits per heavy atom. The highest BCUT2D eigenvalue weighted by molar-refractivity contribution is 7.18. The van der Waals surface area contributed by atoms with Gasteiger partial charge in [-0.15, -0.1) is 11.3 Å². The summed E-state index contributed by atoms with van der Waals surface area (Å²) in [4.78, 5) is 29.8. The first kappa shape index (κ1) is 13.7. The van der Waals surface area contributed by atoms with Crippen molar-refractivity contribution in [1.82, 2.24) is 15.0 Å². The first-order valence-corrected chi connectivity index (χ1v) is 6.73. The highest BCUT2D eigenvalue weighted by Gasteiger charge is 2.16. The highest BCUT2D eigenvalue weighted by Crippen LogP contribution is 2.26. The van der Waals surface area contributed by atoms with Crippen LogP contribution in [0.1, 0.15) is 29.8 Å². The highest BCUT2D eigenvalue weighted by atomic mass is 32.1. The number of carbonyl (C=O) groups excluding carboxylic acids is 1. The fourth-order valence-electron chi connectivity index (χ4n) is 1.99. The van der Waals surface area contributed by atoms with E-state index >= 15 is 0 Å². The van der Waals surface area contributed by atoms with Crippen LogP contribution in [0.15, 0.2) is 11.1 Å². The van der Waals surface area contributed by atoms with E-state index in [1.54, 1.807) is 6.92 Å². The van der Waals surface area contributed by atoms with Gasteiger partial charge >= 0.3 is 0 Å². The summed E-state index contributed by atoms with van der Waals surface area (Å²) < 4.78 is 1.48. The van der Waals surface area contributed by atoms with E-state index in [-0.39, 0.29) is 23.9 Å². The molecule has 102 valence electrons. The van der Waals surface area contributed by atoms with Crippen LogP contribution in [0.4, 0.5) is 0 Å². The first-order valence-electron chi connectivity index (χ1n) is 5.92. The summed E-state index contributed by atoms with van der Waals surface area (Å²) in [5, 5.41) is 0.644. The second kappa shape index (κ2) is 5.10. The molecule has 0 aliphatic heterocycles. The van der Waals surface area contributed by atoms with Gasteiger partial charge in [0.1, 0.15) is 4.83 Å². The van der Waals surface area contributed by atoms with Gasteiger partial charge in [-0.3, -0.25) is 19.6 Å². The SMILES string of the molecule is Cc1sc2ncn(C(C)CC(=O)NN)c(=O)c2c1C. The van der Waals surface area contributed by atoms with Gasteiger partial charge in [-0.1, -0.05) is 0 Å². The Hall–Kier alpha value is -1.73. The van der Waals surface area contributed by atoms with Crippen LogP contribution in [0.2, 0.25) is 0 Å². The van der Waals surface area contributed by atoms with Gasteiger partial charge in [0.2, 0.25) is 5.91 Å². The fraction of sp³-hybridized carbons (Fsp3) is 0.417. The second-order valence-electron chi connectivity index (χ2n) is 4.54. The van der Waals surface area contributed by atoms with E-state index in [1.807, 2.05) is 13.8 Å². The molecule has 7 heteroatoms. The molecule has 19 heavy (non-hydrogen) atoms. The number of nitrogens with zero attached hydrogens (tertiary/aromatic N) is 2. The van der Waals surface area contributed by atoms with Crippen LogP contribution in [0, 0.1) is 13.8 Å². The molecular formula is C12H16N4O2S. The minimum Gasteiger partial charge on any atom is -0.295 e. The Labute approximate surface area is 114 Å². The number of fused-ring (bicyclic) bond motifs is 1. The van der Waals surface area contributed by atoms with Crippen molar-refractivity contribution in [2.75, 3.05) is 0 Å². The molecule has 1 amide bonds. The number of hydrogen-bond acceptors (Lipinski definition) is 5. The molecule has 1 atom stereocenters. The van der Waals surface area contributed by atoms with Crippen molar-refractivity contribution in [3.8, 4) is 0 Å². The average molecular weight is 280 g/mol. The van der Waals surface area contributed by atoms with E-state index in [2.05, 4.69) is 10.4 Å². The van der Waals surface area contributed by atoms with E-state index < -0.39 is 0 Å². The molecule has 2 aromatic heterocycles. The molecule has 1 unspecified atom stereocenters. The van der Waals surface area contributed by atoms with E-state index in [0.717, 1.165) is 15.3 Å². The largest absolute Gasteiger partial charge is 0.295 e. The van der Waals surface area contributed by atoms with Gasteiger partial charge in [-0.2, -0.15) is 0 Å². The van der Waals surface area contributed by atoms with Crippen LogP contribution in [0.5, 0.6) is 0 Å². The molecule has 0 fully saturated rings. The number of nitrogens with two attached hydrogens (primary N) is 1. The van der Waals surface area contributed by atoms with Gasteiger partial charge in [0.05, 0.1) is 11.7 Å². The molecule has 6 nitrogen and oxygen atoms in total. The van der Waals surface area contributed by atoms with Crippen molar-refractivity contribution < 1.29 is 4.79 Å². The Morgan fingerprint density at radius 3 is 2.89 bits per heavy atom. The van der Waals surface area contributed by atoms with Crippen LogP contribution in [0.3, 0.4) is 0 Å². The van der Waals surface area contributed by atoms with Gasteiger partial charge < -0.3 is 0 Å². The van der Waals surface area contributed by atoms with Crippen molar-refractivity contribution in [3.63, 3.8) is 0 Å². The molecule has 2 heterocycles. The monoisotopic (exact) mass is 280 g/mol. The van der Waals surface area contributed by atoms with Crippen LogP contribution < -0.4 is 16.8 Å². The normalized spacial score (nSPS) is 12.6. The van der Waals surface area contributed by atoms with Crippen molar-refractivity contribution in [3.05, 3.63) is 27.1 Å². The number of hydrogen-bond donors (Lipinski definition) is 2. The van der Waals surface area contributed by atoms with Crippen molar-refractivity contribution >= 4 is 27.5 Å². The molecule has 2 rings (SSSR count). The lowest BCUT2D eigenvalue weighted by molar-refractivity contribution is -0.121. The van der Waals surface area contributed by atoms with Gasteiger partial charge in [-0.25, -0.2) is 10.8 Å². The molecular weight excluding hydrogens is 264 g/mol. The van der Waals surface area contributed by atoms with Crippen LogP contribution >= 0.6 is 11.3 Å². The summed E-state index contributed by atoms with van der Waals surface area (Å²) in [6.07, 6.45) is 1.64. The molecule has 3 N–H and O–H groups in total. The van der Waals surface area contributed by atoms with Crippen molar-refractivity contribution in [1.29, 1.82) is 0 Å². The van der Waals surface area contributed by atoms with E-state index in [1.165, 1.54) is 22.2 Å². The predicted molar refractivity (Wildman–Crippen MR) is 75.0 cm³/mol. The fourth-order valence-corrected chi connectivity index (χ4v) is 2.98. The lowest BCUT2D eigenvalue weighted by Gasteiger charge is -2.13. The molecule has 0 saturated heterocycles. The molecule has 0 saturated carbocycles. The van der Waals surface area contributed by atoms with Crippen LogP contribution in [0.25, 0.3) is 10.2 Å². The van der Waals surface area contributed by atoms with Gasteiger partial charge in [0.25, 0.3) is 5.56 Å². The number of aromatic nitrogens is 2. The topological polar surface area (TPSA) is 90.0 Å². The number of hydrazine groups is 1. The summed E-state index contributed by atoms with van der Waals surface area (Å²) in [6.45, 7) is 5.67. The maximum atomic E-state index is 12.4. The number of nitrogens with one attached hydrogen (secondary N) is 1. The van der Waals surface area contributed by atoms with E-state index in [9.17, 15) is 9.59 Å². The van der Waals surface area contributed by atoms with Gasteiger partial charge in [0, 0.05) is 17.3 Å². The minimum absolute atomic E-state index is 0.107. The number of thiophene rings is 1. The molecule has 0 aliphatic carbocycles. The Kier molecular flexibility index (Phi) is 3.68. The third-order valence-electron chi connectivity index (χ3n) is 3.23. The second-order valence-corrected chi connectivity index (χ2v) is 5.74. The minimum atomic E-state index is -0.308. The summed E-state index contributed by atoms with van der Waals surface area (Å²) in [7, 11) is 0. The summed E-state index contributed by atoms with van der Waals surface area (Å²) in [6, 6.07) is -0.285. The molecule has 2 aromatic rings. The number of aryl methyl sites for hydroxylation is 2. The zero-order valence-corrected chi connectivity index (χ0v) is 11.9. The molecule has 0 radical (unpaired) electrons. The van der Waals surface area contributed by atoms with Gasteiger partial charge in [0.15, 0.2) is 0 Å². The maximum absolute atomic E-state index is 12.4. The van der Waals surface area contributed by atoms with E-state index in [4.69, 9.17) is 5.84 Å². The maximum Gasteiger partial charge on any atom is 0.262 e. The number of carbonyl (C=O) groups is 1. The van der Waals surface area contributed by atoms with Crippen molar-refractivity contribution in [2.24, 2.45) is 5.84 Å². The Balaban J connectivity index is 2.51. The first-order chi connectivity index (χ1) is 8.95. The zero-order valence-electron chi connectivity index (χ0n) is 11.1. The summed E-state index contributed by atoms with van der Waals surface area (Å²) >= 11 is 1.51. The van der Waals surface area contributed by atoms with E-state index in [0.29, 0.717) is 5.39 Å². The summed E-state index contributed by atoms with van der Waals surface area (Å²) in [5.41, 5.74) is 2.92. The summed E-state index contributed by atoms with van der Waals surface area (Å²) in [5.74, 6) is 4.75. The lowest BCUT2D eigenvalue weighted by Crippen LogP contribution is -2.33. The molecule has 0 spiro atoms. The Morgan fingerprint density at radius 1 is 1.58 bits per heavy atom. The number of rotatable bonds is 3. The zero-order chi connectivity index (χ0) is 14.2. The van der Waals surface area contributed by atoms with Crippen molar-refractivity contribution in [2.45, 2.75) is 33.2 Å². The van der Waals surface area contributed by atoms with Crippen LogP contribution in [-0.2, 0) is 4.79 Å². The molecule has 0 bridgehead atoms. The van der Waals surface area contributed by atoms with Crippen LogP contribution in [-0.4, -0.2) is 15.5 Å². The Bertz CT molecular complexity index is 689. The predicted octanol–water partition coefficient (Wildman–Crippen LogP) is 1.02. The molecule has 0 aromatic carbocycles. The third kappa shape index (κ3) is 2.39. The van der Waals surface area contributed by atoms with Gasteiger partial charge in [-0.05, 0) is 26.3 Å². The molecule has 0 aliphatic rings. The average Bonchev–Trinajstić information content (AvgIpc) is 2.66. The smallest absolute Gasteiger partial charge is 0.262 e. The lowest BCUT2D eigenvalue weighted by atomic mass is 10.2. The third-order valence-corrected chi connectivity index (χ3v) is 4.35. The number of amides is 1.